The van der Waals surface area contributed by atoms with Crippen LogP contribution in [0.3, 0.4) is 0 Å². The van der Waals surface area contributed by atoms with Crippen LogP contribution in [-0.4, -0.2) is 5.78 Å². The summed E-state index contributed by atoms with van der Waals surface area (Å²) in [6.07, 6.45) is 0. The summed E-state index contributed by atoms with van der Waals surface area (Å²) in [7, 11) is 0. The normalized spacial score (nSPS) is 11.3. The van der Waals surface area contributed by atoms with Gasteiger partial charge in [-0.25, -0.2) is 0 Å². The second-order valence-corrected chi connectivity index (χ2v) is 7.18. The standard InChI is InChI=1S/C18H22OS/c1-11(2)14-7-8-15(16(10-14)12(3)4)18(19)17-9-6-13(5)20-17/h6-12H,1-5H3. The fourth-order valence-corrected chi connectivity index (χ4v) is 3.14. The minimum absolute atomic E-state index is 0.155. The van der Waals surface area contributed by atoms with Crippen LogP contribution in [0.5, 0.6) is 0 Å². The van der Waals surface area contributed by atoms with Crippen LogP contribution in [0.2, 0.25) is 0 Å². The van der Waals surface area contributed by atoms with Crippen molar-refractivity contribution >= 4 is 17.1 Å². The third-order valence-electron chi connectivity index (χ3n) is 3.57. The second-order valence-electron chi connectivity index (χ2n) is 5.90. The van der Waals surface area contributed by atoms with Crippen molar-refractivity contribution in [1.29, 1.82) is 0 Å². The zero-order valence-corrected chi connectivity index (χ0v) is 13.7. The van der Waals surface area contributed by atoms with E-state index in [2.05, 4.69) is 39.8 Å². The smallest absolute Gasteiger partial charge is 0.203 e. The molecule has 0 atom stereocenters. The highest BCUT2D eigenvalue weighted by molar-refractivity contribution is 7.14. The Balaban J connectivity index is 2.48. The SMILES string of the molecule is Cc1ccc(C(=O)c2ccc(C(C)C)cc2C(C)C)s1. The van der Waals surface area contributed by atoms with Gasteiger partial charge in [-0.05, 0) is 42.0 Å². The zero-order chi connectivity index (χ0) is 14.9. The van der Waals surface area contributed by atoms with Gasteiger partial charge in [0.15, 0.2) is 0 Å². The first-order valence-corrected chi connectivity index (χ1v) is 7.96. The van der Waals surface area contributed by atoms with Gasteiger partial charge in [-0.3, -0.25) is 4.79 Å². The number of carbonyl (C=O) groups excluding carboxylic acids is 1. The molecule has 0 aliphatic carbocycles. The summed E-state index contributed by atoms with van der Waals surface area (Å²) in [5.41, 5.74) is 3.31. The van der Waals surface area contributed by atoms with E-state index in [0.717, 1.165) is 16.0 Å². The molecule has 1 heterocycles. The Morgan fingerprint density at radius 3 is 2.20 bits per heavy atom. The van der Waals surface area contributed by atoms with E-state index in [1.165, 1.54) is 10.4 Å². The van der Waals surface area contributed by atoms with Gasteiger partial charge in [0.05, 0.1) is 4.88 Å². The van der Waals surface area contributed by atoms with Crippen LogP contribution in [-0.2, 0) is 0 Å². The molecule has 1 nitrogen and oxygen atoms in total. The monoisotopic (exact) mass is 286 g/mol. The van der Waals surface area contributed by atoms with E-state index < -0.39 is 0 Å². The Morgan fingerprint density at radius 2 is 1.70 bits per heavy atom. The number of hydrogen-bond donors (Lipinski definition) is 0. The molecule has 0 radical (unpaired) electrons. The van der Waals surface area contributed by atoms with E-state index in [-0.39, 0.29) is 5.78 Å². The molecule has 2 heteroatoms. The summed E-state index contributed by atoms with van der Waals surface area (Å²) >= 11 is 1.57. The lowest BCUT2D eigenvalue weighted by Crippen LogP contribution is -2.06. The van der Waals surface area contributed by atoms with Gasteiger partial charge in [-0.1, -0.05) is 45.9 Å². The van der Waals surface area contributed by atoms with Crippen molar-refractivity contribution in [2.45, 2.75) is 46.5 Å². The molecule has 1 aromatic carbocycles. The van der Waals surface area contributed by atoms with Gasteiger partial charge in [0.1, 0.15) is 0 Å². The molecule has 0 aliphatic heterocycles. The third-order valence-corrected chi connectivity index (χ3v) is 4.57. The first-order valence-electron chi connectivity index (χ1n) is 7.15. The largest absolute Gasteiger partial charge is 0.288 e. The van der Waals surface area contributed by atoms with Gasteiger partial charge in [0.2, 0.25) is 5.78 Å². The van der Waals surface area contributed by atoms with Crippen molar-refractivity contribution in [2.24, 2.45) is 0 Å². The Hall–Kier alpha value is -1.41. The number of hydrogen-bond acceptors (Lipinski definition) is 2. The highest BCUT2D eigenvalue weighted by Gasteiger charge is 2.18. The molecular weight excluding hydrogens is 264 g/mol. The summed E-state index contributed by atoms with van der Waals surface area (Å²) in [5.74, 6) is 0.997. The Kier molecular flexibility index (Phi) is 4.44. The van der Waals surface area contributed by atoms with Gasteiger partial charge in [-0.2, -0.15) is 0 Å². The molecular formula is C18H22OS. The van der Waals surface area contributed by atoms with Crippen LogP contribution in [0.1, 0.15) is 70.8 Å². The molecule has 0 fully saturated rings. The minimum atomic E-state index is 0.155. The summed E-state index contributed by atoms with van der Waals surface area (Å²) in [4.78, 5) is 14.7. The molecule has 1 aromatic heterocycles. The lowest BCUT2D eigenvalue weighted by Gasteiger charge is -2.15. The van der Waals surface area contributed by atoms with Crippen molar-refractivity contribution in [3.63, 3.8) is 0 Å². The van der Waals surface area contributed by atoms with Gasteiger partial charge in [0.25, 0.3) is 0 Å². The topological polar surface area (TPSA) is 17.1 Å². The van der Waals surface area contributed by atoms with Crippen molar-refractivity contribution in [3.8, 4) is 0 Å². The Morgan fingerprint density at radius 1 is 1.00 bits per heavy atom. The second kappa shape index (κ2) is 5.92. The number of rotatable bonds is 4. The predicted octanol–water partition coefficient (Wildman–Crippen LogP) is 5.53. The quantitative estimate of drug-likeness (QED) is 0.675. The molecule has 106 valence electrons. The fraction of sp³-hybridized carbons (Fsp3) is 0.389. The molecule has 0 aliphatic rings. The summed E-state index contributed by atoms with van der Waals surface area (Å²) in [6.45, 7) is 10.7. The maximum Gasteiger partial charge on any atom is 0.203 e. The molecule has 0 saturated carbocycles. The van der Waals surface area contributed by atoms with Crippen LogP contribution in [0.15, 0.2) is 30.3 Å². The molecule has 0 N–H and O–H groups in total. The van der Waals surface area contributed by atoms with Crippen molar-refractivity contribution in [3.05, 3.63) is 56.8 Å². The average Bonchev–Trinajstić information content (AvgIpc) is 2.83. The van der Waals surface area contributed by atoms with Crippen LogP contribution in [0.4, 0.5) is 0 Å². The van der Waals surface area contributed by atoms with Crippen LogP contribution >= 0.6 is 11.3 Å². The van der Waals surface area contributed by atoms with Gasteiger partial charge >= 0.3 is 0 Å². The number of thiophene rings is 1. The lowest BCUT2D eigenvalue weighted by atomic mass is 9.89. The minimum Gasteiger partial charge on any atom is -0.288 e. The molecule has 20 heavy (non-hydrogen) atoms. The van der Waals surface area contributed by atoms with E-state index in [9.17, 15) is 4.79 Å². The van der Waals surface area contributed by atoms with Crippen LogP contribution in [0.25, 0.3) is 0 Å². The van der Waals surface area contributed by atoms with E-state index in [1.54, 1.807) is 11.3 Å². The molecule has 0 unspecified atom stereocenters. The summed E-state index contributed by atoms with van der Waals surface area (Å²) in [6, 6.07) is 10.2. The maximum absolute atomic E-state index is 12.7. The highest BCUT2D eigenvalue weighted by Crippen LogP contribution is 2.28. The molecule has 0 amide bonds. The maximum atomic E-state index is 12.7. The van der Waals surface area contributed by atoms with E-state index in [0.29, 0.717) is 11.8 Å². The van der Waals surface area contributed by atoms with Gasteiger partial charge in [-0.15, -0.1) is 11.3 Å². The average molecular weight is 286 g/mol. The Bertz CT molecular complexity index is 620. The summed E-state index contributed by atoms with van der Waals surface area (Å²) in [5, 5.41) is 0. The lowest BCUT2D eigenvalue weighted by molar-refractivity contribution is 0.104. The van der Waals surface area contributed by atoms with Crippen molar-refractivity contribution in [2.75, 3.05) is 0 Å². The van der Waals surface area contributed by atoms with E-state index in [1.807, 2.05) is 25.1 Å². The molecule has 2 rings (SSSR count). The molecule has 0 bridgehead atoms. The number of ketones is 1. The third kappa shape index (κ3) is 3.01. The van der Waals surface area contributed by atoms with E-state index in [4.69, 9.17) is 0 Å². The predicted molar refractivity (Wildman–Crippen MR) is 87.1 cm³/mol. The zero-order valence-electron chi connectivity index (χ0n) is 12.9. The number of benzene rings is 1. The molecule has 0 spiro atoms. The number of aryl methyl sites for hydroxylation is 1. The first kappa shape index (κ1) is 15.0. The molecule has 0 saturated heterocycles. The van der Waals surface area contributed by atoms with Crippen molar-refractivity contribution < 1.29 is 4.79 Å². The van der Waals surface area contributed by atoms with Crippen LogP contribution < -0.4 is 0 Å². The van der Waals surface area contributed by atoms with Gasteiger partial charge < -0.3 is 0 Å². The number of carbonyl (C=O) groups is 1. The first-order chi connectivity index (χ1) is 9.40. The molecule has 2 aromatic rings. The van der Waals surface area contributed by atoms with Crippen LogP contribution in [0, 0.1) is 6.92 Å². The van der Waals surface area contributed by atoms with Crippen molar-refractivity contribution in [1.82, 2.24) is 0 Å². The summed E-state index contributed by atoms with van der Waals surface area (Å²) < 4.78 is 0. The van der Waals surface area contributed by atoms with E-state index >= 15 is 0 Å². The highest BCUT2D eigenvalue weighted by atomic mass is 32.1. The fourth-order valence-electron chi connectivity index (χ4n) is 2.31. The van der Waals surface area contributed by atoms with Gasteiger partial charge in [0, 0.05) is 10.4 Å². The Labute approximate surface area is 125 Å².